The van der Waals surface area contributed by atoms with Crippen LogP contribution in [-0.2, 0) is 4.79 Å². The summed E-state index contributed by atoms with van der Waals surface area (Å²) in [6.07, 6.45) is 0.834. The van der Waals surface area contributed by atoms with E-state index >= 15 is 0 Å². The molecule has 4 nitrogen and oxygen atoms in total. The van der Waals surface area contributed by atoms with Crippen LogP contribution in [0.3, 0.4) is 0 Å². The molecule has 0 aromatic rings. The second-order valence-corrected chi connectivity index (χ2v) is 4.18. The summed E-state index contributed by atoms with van der Waals surface area (Å²) in [6.45, 7) is 7.29. The van der Waals surface area contributed by atoms with Gasteiger partial charge in [0.05, 0.1) is 12.5 Å². The largest absolute Gasteiger partial charge is 0.355 e. The van der Waals surface area contributed by atoms with E-state index in [1.54, 1.807) is 0 Å². The monoisotopic (exact) mass is 197 g/mol. The Labute approximate surface area is 85.7 Å². The molecule has 14 heavy (non-hydrogen) atoms. The molecule has 0 fully saturated rings. The molecule has 0 saturated carbocycles. The highest BCUT2D eigenvalue weighted by atomic mass is 16.1. The van der Waals surface area contributed by atoms with Gasteiger partial charge in [-0.2, -0.15) is 5.26 Å². The Kier molecular flexibility index (Phi) is 5.89. The number of nitrogens with zero attached hydrogens (tertiary/aromatic N) is 1. The molecular formula is C10H19N3O. The number of nitrogens with one attached hydrogen (secondary N) is 2. The molecule has 2 N–H and O–H groups in total. The van der Waals surface area contributed by atoms with Gasteiger partial charge in [-0.1, -0.05) is 0 Å². The summed E-state index contributed by atoms with van der Waals surface area (Å²) in [5.74, 6) is -0.00278. The molecule has 1 amide bonds. The van der Waals surface area contributed by atoms with Gasteiger partial charge in [0.2, 0.25) is 5.91 Å². The molecule has 0 aromatic carbocycles. The lowest BCUT2D eigenvalue weighted by atomic mass is 10.1. The summed E-state index contributed by atoms with van der Waals surface area (Å²) in [5, 5.41) is 14.1. The lowest BCUT2D eigenvalue weighted by molar-refractivity contribution is -0.120. The summed E-state index contributed by atoms with van der Waals surface area (Å²) >= 11 is 0. The van der Waals surface area contributed by atoms with Gasteiger partial charge in [-0.05, 0) is 20.8 Å². The Morgan fingerprint density at radius 3 is 2.50 bits per heavy atom. The van der Waals surface area contributed by atoms with Crippen molar-refractivity contribution in [2.45, 2.75) is 39.2 Å². The quantitative estimate of drug-likeness (QED) is 0.640. The van der Waals surface area contributed by atoms with Crippen LogP contribution in [0.15, 0.2) is 0 Å². The third-order valence-corrected chi connectivity index (χ3v) is 1.57. The highest BCUT2D eigenvalue weighted by Crippen LogP contribution is 1.97. The predicted molar refractivity (Wildman–Crippen MR) is 55.6 cm³/mol. The number of amides is 1. The standard InChI is InChI=1S/C10H19N3O/c1-10(2,3)13-8-5-9(14)12-7-4-6-11/h13H,4-5,7-8H2,1-3H3,(H,12,14). The molecule has 0 saturated heterocycles. The van der Waals surface area contributed by atoms with Crippen LogP contribution in [0.25, 0.3) is 0 Å². The van der Waals surface area contributed by atoms with Crippen molar-refractivity contribution in [3.05, 3.63) is 0 Å². The zero-order valence-electron chi connectivity index (χ0n) is 9.18. The summed E-state index contributed by atoms with van der Waals surface area (Å²) in [4.78, 5) is 11.1. The molecule has 0 aliphatic heterocycles. The van der Waals surface area contributed by atoms with E-state index in [-0.39, 0.29) is 11.4 Å². The van der Waals surface area contributed by atoms with E-state index in [1.165, 1.54) is 0 Å². The smallest absolute Gasteiger partial charge is 0.221 e. The average Bonchev–Trinajstić information content (AvgIpc) is 2.02. The second-order valence-electron chi connectivity index (χ2n) is 4.18. The van der Waals surface area contributed by atoms with Crippen LogP contribution in [-0.4, -0.2) is 24.5 Å². The molecule has 0 heterocycles. The first kappa shape index (κ1) is 12.9. The van der Waals surface area contributed by atoms with Crippen LogP contribution in [0.5, 0.6) is 0 Å². The molecule has 4 heteroatoms. The van der Waals surface area contributed by atoms with Crippen molar-refractivity contribution in [3.8, 4) is 6.07 Å². The van der Waals surface area contributed by atoms with Gasteiger partial charge in [0.15, 0.2) is 0 Å². The molecule has 0 unspecified atom stereocenters. The van der Waals surface area contributed by atoms with Gasteiger partial charge >= 0.3 is 0 Å². The van der Waals surface area contributed by atoms with E-state index in [1.807, 2.05) is 6.07 Å². The molecule has 0 aliphatic carbocycles. The van der Waals surface area contributed by atoms with Crippen LogP contribution < -0.4 is 10.6 Å². The van der Waals surface area contributed by atoms with Crippen molar-refractivity contribution in [2.75, 3.05) is 13.1 Å². The number of nitriles is 1. The number of carbonyl (C=O) groups excluding carboxylic acids is 1. The Bertz CT molecular complexity index is 212. The highest BCUT2D eigenvalue weighted by Gasteiger charge is 2.08. The summed E-state index contributed by atoms with van der Waals surface area (Å²) in [6, 6.07) is 1.97. The van der Waals surface area contributed by atoms with Crippen LogP contribution in [0, 0.1) is 11.3 Å². The Morgan fingerprint density at radius 1 is 1.36 bits per heavy atom. The molecular weight excluding hydrogens is 178 g/mol. The van der Waals surface area contributed by atoms with Gasteiger partial charge in [-0.15, -0.1) is 0 Å². The average molecular weight is 197 g/mol. The lowest BCUT2D eigenvalue weighted by Gasteiger charge is -2.20. The fourth-order valence-corrected chi connectivity index (χ4v) is 0.897. The number of carbonyl (C=O) groups is 1. The zero-order valence-corrected chi connectivity index (χ0v) is 9.18. The third-order valence-electron chi connectivity index (χ3n) is 1.57. The number of rotatable bonds is 5. The van der Waals surface area contributed by atoms with Crippen molar-refractivity contribution >= 4 is 5.91 Å². The molecule has 0 atom stereocenters. The Hall–Kier alpha value is -1.08. The van der Waals surface area contributed by atoms with Crippen molar-refractivity contribution in [1.82, 2.24) is 10.6 Å². The summed E-state index contributed by atoms with van der Waals surface area (Å²) < 4.78 is 0. The van der Waals surface area contributed by atoms with Crippen molar-refractivity contribution in [2.24, 2.45) is 0 Å². The molecule has 0 radical (unpaired) electrons. The highest BCUT2D eigenvalue weighted by molar-refractivity contribution is 5.76. The van der Waals surface area contributed by atoms with E-state index in [0.29, 0.717) is 25.9 Å². The van der Waals surface area contributed by atoms with Crippen LogP contribution in [0.2, 0.25) is 0 Å². The Morgan fingerprint density at radius 2 is 2.00 bits per heavy atom. The molecule has 0 aliphatic rings. The van der Waals surface area contributed by atoms with Crippen molar-refractivity contribution < 1.29 is 4.79 Å². The minimum Gasteiger partial charge on any atom is -0.355 e. The van der Waals surface area contributed by atoms with Gasteiger partial charge in [0.1, 0.15) is 0 Å². The number of hydrogen-bond acceptors (Lipinski definition) is 3. The third kappa shape index (κ3) is 9.01. The molecule has 0 bridgehead atoms. The summed E-state index contributed by atoms with van der Waals surface area (Å²) in [5.41, 5.74) is 0.0485. The minimum absolute atomic E-state index is 0.00278. The van der Waals surface area contributed by atoms with Crippen LogP contribution >= 0.6 is 0 Å². The van der Waals surface area contributed by atoms with E-state index < -0.39 is 0 Å². The SMILES string of the molecule is CC(C)(C)NCCC(=O)NCCC#N. The van der Waals surface area contributed by atoms with E-state index in [4.69, 9.17) is 5.26 Å². The van der Waals surface area contributed by atoms with Crippen molar-refractivity contribution in [1.29, 1.82) is 5.26 Å². The van der Waals surface area contributed by atoms with E-state index in [0.717, 1.165) is 0 Å². The first-order valence-electron chi connectivity index (χ1n) is 4.84. The first-order chi connectivity index (χ1) is 6.45. The molecule has 80 valence electrons. The number of hydrogen-bond donors (Lipinski definition) is 2. The normalized spacial score (nSPS) is 10.7. The van der Waals surface area contributed by atoms with Gasteiger partial charge in [0, 0.05) is 25.0 Å². The maximum atomic E-state index is 11.1. The molecule has 0 aromatic heterocycles. The van der Waals surface area contributed by atoms with Crippen molar-refractivity contribution in [3.63, 3.8) is 0 Å². The fraction of sp³-hybridized carbons (Fsp3) is 0.800. The maximum absolute atomic E-state index is 11.1. The van der Waals surface area contributed by atoms with E-state index in [9.17, 15) is 4.79 Å². The molecule has 0 rings (SSSR count). The fourth-order valence-electron chi connectivity index (χ4n) is 0.897. The van der Waals surface area contributed by atoms with Crippen LogP contribution in [0.4, 0.5) is 0 Å². The van der Waals surface area contributed by atoms with Gasteiger partial charge < -0.3 is 10.6 Å². The Balaban J connectivity index is 3.42. The second kappa shape index (κ2) is 6.39. The van der Waals surface area contributed by atoms with E-state index in [2.05, 4.69) is 31.4 Å². The lowest BCUT2D eigenvalue weighted by Crippen LogP contribution is -2.38. The topological polar surface area (TPSA) is 64.9 Å². The van der Waals surface area contributed by atoms with Gasteiger partial charge in [-0.25, -0.2) is 0 Å². The van der Waals surface area contributed by atoms with Gasteiger partial charge in [0.25, 0.3) is 0 Å². The minimum atomic E-state index is -0.00278. The zero-order chi connectivity index (χ0) is 11.0. The predicted octanol–water partition coefficient (Wildman–Crippen LogP) is 0.794. The maximum Gasteiger partial charge on any atom is 0.221 e. The molecule has 0 spiro atoms. The van der Waals surface area contributed by atoms with Crippen LogP contribution in [0.1, 0.15) is 33.6 Å². The summed E-state index contributed by atoms with van der Waals surface area (Å²) in [7, 11) is 0. The first-order valence-corrected chi connectivity index (χ1v) is 4.84. The van der Waals surface area contributed by atoms with Gasteiger partial charge in [-0.3, -0.25) is 4.79 Å².